The molecule has 1 unspecified atom stereocenters. The second-order valence-electron chi connectivity index (χ2n) is 3.04. The van der Waals surface area contributed by atoms with Gasteiger partial charge in [0, 0.05) is 0 Å². The maximum Gasteiger partial charge on any atom is 0.253 e. The molecule has 0 aromatic rings. The molecule has 0 heterocycles. The molecule has 0 saturated carbocycles. The van der Waals surface area contributed by atoms with Crippen molar-refractivity contribution >= 4 is 0 Å². The van der Waals surface area contributed by atoms with Crippen molar-refractivity contribution in [1.82, 2.24) is 5.32 Å². The summed E-state index contributed by atoms with van der Waals surface area (Å²) < 4.78 is 23.9. The van der Waals surface area contributed by atoms with Gasteiger partial charge in [-0.2, -0.15) is 0 Å². The third-order valence-electron chi connectivity index (χ3n) is 1.33. The van der Waals surface area contributed by atoms with Crippen molar-refractivity contribution in [1.29, 1.82) is 0 Å². The van der Waals surface area contributed by atoms with Crippen LogP contribution in [-0.2, 0) is 0 Å². The lowest BCUT2D eigenvalue weighted by atomic mass is 10.1. The number of hydrogen-bond donors (Lipinski definition) is 1. The lowest BCUT2D eigenvalue weighted by molar-refractivity contribution is 0.0969. The van der Waals surface area contributed by atoms with Crippen LogP contribution in [0.15, 0.2) is 0 Å². The van der Waals surface area contributed by atoms with Crippen molar-refractivity contribution in [2.45, 2.75) is 38.8 Å². The van der Waals surface area contributed by atoms with Gasteiger partial charge in [-0.15, -0.1) is 6.42 Å². The Balaban J connectivity index is 3.96. The Bertz CT molecular complexity index is 158. The van der Waals surface area contributed by atoms with E-state index in [0.29, 0.717) is 0 Å². The van der Waals surface area contributed by atoms with E-state index in [4.69, 9.17) is 6.42 Å². The highest BCUT2D eigenvalue weighted by atomic mass is 19.3. The first-order valence-electron chi connectivity index (χ1n) is 3.42. The number of hydrogen-bond acceptors (Lipinski definition) is 1. The third kappa shape index (κ3) is 3.94. The molecule has 1 atom stereocenters. The zero-order chi connectivity index (χ0) is 9.07. The quantitative estimate of drug-likeness (QED) is 0.620. The summed E-state index contributed by atoms with van der Waals surface area (Å²) in [6.07, 6.45) is 2.72. The second kappa shape index (κ2) is 3.68. The van der Waals surface area contributed by atoms with Crippen LogP contribution in [0.1, 0.15) is 20.8 Å². The van der Waals surface area contributed by atoms with Gasteiger partial charge in [-0.1, -0.05) is 5.92 Å². The van der Waals surface area contributed by atoms with Crippen molar-refractivity contribution in [3.05, 3.63) is 0 Å². The number of terminal acetylenes is 1. The first-order valence-corrected chi connectivity index (χ1v) is 3.42. The first kappa shape index (κ1) is 10.4. The Morgan fingerprint density at radius 2 is 1.91 bits per heavy atom. The van der Waals surface area contributed by atoms with Crippen LogP contribution in [0.3, 0.4) is 0 Å². The third-order valence-corrected chi connectivity index (χ3v) is 1.33. The molecule has 0 aromatic heterocycles. The lowest BCUT2D eigenvalue weighted by Crippen LogP contribution is -2.46. The lowest BCUT2D eigenvalue weighted by Gasteiger charge is -2.24. The van der Waals surface area contributed by atoms with Crippen LogP contribution in [0.25, 0.3) is 0 Å². The molecule has 0 aliphatic carbocycles. The van der Waals surface area contributed by atoms with Gasteiger partial charge in [0.25, 0.3) is 6.43 Å². The molecule has 0 fully saturated rings. The van der Waals surface area contributed by atoms with E-state index >= 15 is 0 Å². The summed E-state index contributed by atoms with van der Waals surface area (Å²) in [6.45, 7) is 4.78. The topological polar surface area (TPSA) is 12.0 Å². The molecule has 0 bridgehead atoms. The van der Waals surface area contributed by atoms with Gasteiger partial charge < -0.3 is 0 Å². The van der Waals surface area contributed by atoms with E-state index in [2.05, 4.69) is 11.2 Å². The van der Waals surface area contributed by atoms with Crippen molar-refractivity contribution in [3.63, 3.8) is 0 Å². The van der Waals surface area contributed by atoms with Gasteiger partial charge in [0.15, 0.2) is 0 Å². The van der Waals surface area contributed by atoms with Crippen LogP contribution in [0.2, 0.25) is 0 Å². The maximum atomic E-state index is 12.0. The summed E-state index contributed by atoms with van der Waals surface area (Å²) >= 11 is 0. The first-order chi connectivity index (χ1) is 4.89. The molecular weight excluding hydrogens is 148 g/mol. The fourth-order valence-corrected chi connectivity index (χ4v) is 0.674. The maximum absolute atomic E-state index is 12.0. The van der Waals surface area contributed by atoms with E-state index in [1.54, 1.807) is 13.8 Å². The minimum absolute atomic E-state index is 0.657. The molecule has 64 valence electrons. The van der Waals surface area contributed by atoms with Crippen LogP contribution >= 0.6 is 0 Å². The van der Waals surface area contributed by atoms with Gasteiger partial charge >= 0.3 is 0 Å². The molecular formula is C8H13F2N. The number of alkyl halides is 2. The predicted molar refractivity (Wildman–Crippen MR) is 41.5 cm³/mol. The minimum Gasteiger partial charge on any atom is -0.294 e. The molecule has 0 spiro atoms. The zero-order valence-corrected chi connectivity index (χ0v) is 6.99. The highest BCUT2D eigenvalue weighted by Gasteiger charge is 2.22. The summed E-state index contributed by atoms with van der Waals surface area (Å²) in [7, 11) is 0. The smallest absolute Gasteiger partial charge is 0.253 e. The number of nitrogens with one attached hydrogen (secondary N) is 1. The predicted octanol–water partition coefficient (Wildman–Crippen LogP) is 1.64. The van der Waals surface area contributed by atoms with E-state index < -0.39 is 18.0 Å². The highest BCUT2D eigenvalue weighted by molar-refractivity contribution is 5.08. The summed E-state index contributed by atoms with van der Waals surface area (Å²) in [4.78, 5) is 0. The Morgan fingerprint density at radius 1 is 1.45 bits per heavy atom. The molecule has 0 aromatic carbocycles. The average molecular weight is 161 g/mol. The van der Waals surface area contributed by atoms with Crippen LogP contribution in [0, 0.1) is 12.3 Å². The normalized spacial score (nSPS) is 14.6. The van der Waals surface area contributed by atoms with Gasteiger partial charge in [0.1, 0.15) is 0 Å². The van der Waals surface area contributed by atoms with Crippen molar-refractivity contribution in [2.24, 2.45) is 0 Å². The van der Waals surface area contributed by atoms with Crippen molar-refractivity contribution in [3.8, 4) is 12.3 Å². The van der Waals surface area contributed by atoms with Gasteiger partial charge in [0.05, 0.1) is 11.6 Å². The summed E-state index contributed by atoms with van der Waals surface area (Å²) in [5.41, 5.74) is -0.657. The van der Waals surface area contributed by atoms with Crippen LogP contribution in [0.4, 0.5) is 8.78 Å². The molecule has 11 heavy (non-hydrogen) atoms. The molecule has 0 saturated heterocycles. The molecule has 0 rings (SSSR count). The highest BCUT2D eigenvalue weighted by Crippen LogP contribution is 2.06. The monoisotopic (exact) mass is 161 g/mol. The Morgan fingerprint density at radius 3 is 2.18 bits per heavy atom. The van der Waals surface area contributed by atoms with Gasteiger partial charge in [0.2, 0.25) is 0 Å². The Labute approximate surface area is 66.2 Å². The summed E-state index contributed by atoms with van der Waals surface area (Å²) in [5.74, 6) is 2.38. The zero-order valence-electron chi connectivity index (χ0n) is 6.99. The summed E-state index contributed by atoms with van der Waals surface area (Å²) in [5, 5.41) is 2.62. The fourth-order valence-electron chi connectivity index (χ4n) is 0.674. The Hall–Kier alpha value is -0.620. The van der Waals surface area contributed by atoms with Crippen molar-refractivity contribution in [2.75, 3.05) is 0 Å². The molecule has 0 radical (unpaired) electrons. The van der Waals surface area contributed by atoms with Crippen molar-refractivity contribution < 1.29 is 8.78 Å². The average Bonchev–Trinajstić information content (AvgIpc) is 1.87. The largest absolute Gasteiger partial charge is 0.294 e. The standard InChI is InChI=1S/C8H13F2N/c1-5-8(3,4)11-6(2)7(9)10/h1,6-7,11H,2-4H3. The fraction of sp³-hybridized carbons (Fsp3) is 0.750. The molecule has 3 heteroatoms. The Kier molecular flexibility index (Phi) is 3.47. The molecule has 0 amide bonds. The van der Waals surface area contributed by atoms with E-state index in [0.717, 1.165) is 0 Å². The molecule has 0 aliphatic heterocycles. The van der Waals surface area contributed by atoms with Crippen LogP contribution < -0.4 is 5.32 Å². The molecule has 1 nitrogen and oxygen atoms in total. The number of halogens is 2. The minimum atomic E-state index is -2.37. The van der Waals surface area contributed by atoms with Gasteiger partial charge in [-0.3, -0.25) is 5.32 Å². The van der Waals surface area contributed by atoms with Gasteiger partial charge in [-0.25, -0.2) is 8.78 Å². The van der Waals surface area contributed by atoms with E-state index in [-0.39, 0.29) is 0 Å². The second-order valence-corrected chi connectivity index (χ2v) is 3.04. The van der Waals surface area contributed by atoms with E-state index in [1.807, 2.05) is 0 Å². The number of rotatable bonds is 3. The van der Waals surface area contributed by atoms with Gasteiger partial charge in [-0.05, 0) is 20.8 Å². The SMILES string of the molecule is C#CC(C)(C)NC(C)C(F)F. The van der Waals surface area contributed by atoms with E-state index in [1.165, 1.54) is 6.92 Å². The van der Waals surface area contributed by atoms with E-state index in [9.17, 15) is 8.78 Å². The molecule has 0 aliphatic rings. The molecule has 1 N–H and O–H groups in total. The summed E-state index contributed by atoms with van der Waals surface area (Å²) in [6, 6.07) is -0.860. The van der Waals surface area contributed by atoms with Crippen LogP contribution in [-0.4, -0.2) is 18.0 Å². The van der Waals surface area contributed by atoms with Crippen LogP contribution in [0.5, 0.6) is 0 Å².